The molecule has 0 aliphatic carbocycles. The number of aliphatic hydroxyl groups excluding tert-OH is 1. The van der Waals surface area contributed by atoms with E-state index < -0.39 is 0 Å². The number of rotatable bonds is 5. The molecule has 0 spiro atoms. The Morgan fingerprint density at radius 1 is 1.07 bits per heavy atom. The van der Waals surface area contributed by atoms with Crippen LogP contribution in [0.4, 0.5) is 0 Å². The van der Waals surface area contributed by atoms with Gasteiger partial charge in [-0.25, -0.2) is 4.98 Å². The third kappa shape index (κ3) is 5.36. The minimum Gasteiger partial charge on any atom is -0.513 e. The van der Waals surface area contributed by atoms with Crippen molar-refractivity contribution < 1.29 is 9.84 Å². The number of hydrogen-bond donors (Lipinski definition) is 1. The number of nitrogens with zero attached hydrogens (tertiary/aromatic N) is 1. The Hall–Kier alpha value is -3.77. The number of para-hydroxylation sites is 1. The van der Waals surface area contributed by atoms with E-state index in [1.54, 1.807) is 25.2 Å². The molecule has 0 aliphatic heterocycles. The Morgan fingerprint density at radius 3 is 2.61 bits per heavy atom. The third-order valence-electron chi connectivity index (χ3n) is 3.97. The summed E-state index contributed by atoms with van der Waals surface area (Å²) in [5, 5.41) is 10.3. The SMILES string of the molecule is C=C/C(C#Cc1ccc(OCc2ccc3ccccc3n2)cc1)=C\C=C(/C)O. The van der Waals surface area contributed by atoms with Crippen LogP contribution in [0.2, 0.25) is 0 Å². The van der Waals surface area contributed by atoms with Crippen LogP contribution in [0.5, 0.6) is 5.75 Å². The molecule has 0 saturated carbocycles. The van der Waals surface area contributed by atoms with E-state index in [4.69, 9.17) is 4.74 Å². The number of pyridine rings is 1. The van der Waals surface area contributed by atoms with Gasteiger partial charge in [-0.3, -0.25) is 0 Å². The minimum atomic E-state index is 0.226. The maximum atomic E-state index is 9.21. The fourth-order valence-electron chi connectivity index (χ4n) is 2.50. The number of ether oxygens (including phenoxy) is 1. The number of benzene rings is 2. The summed E-state index contributed by atoms with van der Waals surface area (Å²) in [6.45, 7) is 5.75. The molecule has 3 heteroatoms. The summed E-state index contributed by atoms with van der Waals surface area (Å²) in [6.07, 6.45) is 4.97. The molecule has 1 N–H and O–H groups in total. The molecule has 0 unspecified atom stereocenters. The van der Waals surface area contributed by atoms with E-state index >= 15 is 0 Å². The Morgan fingerprint density at radius 2 is 1.86 bits per heavy atom. The quantitative estimate of drug-likeness (QED) is 0.355. The van der Waals surface area contributed by atoms with E-state index in [2.05, 4.69) is 29.5 Å². The van der Waals surface area contributed by atoms with Crippen molar-refractivity contribution in [2.75, 3.05) is 0 Å². The van der Waals surface area contributed by atoms with Gasteiger partial charge in [-0.15, -0.1) is 0 Å². The van der Waals surface area contributed by atoms with Crippen molar-refractivity contribution in [1.82, 2.24) is 4.98 Å². The second-order valence-electron chi connectivity index (χ2n) is 6.19. The summed E-state index contributed by atoms with van der Waals surface area (Å²) in [6, 6.07) is 19.6. The highest BCUT2D eigenvalue weighted by Gasteiger charge is 2.00. The molecular formula is C25H21NO2. The molecule has 0 bridgehead atoms. The normalized spacial score (nSPS) is 11.6. The standard InChI is InChI=1S/C25H21NO2/c1-3-20(9-8-19(2)27)10-11-21-12-16-24(17-13-21)28-18-23-15-14-22-6-4-5-7-25(22)26-23/h3-9,12-17,27H,1,18H2,2H3/b19-8+,20-9+. The molecule has 28 heavy (non-hydrogen) atoms. The Balaban J connectivity index is 1.64. The molecule has 1 heterocycles. The lowest BCUT2D eigenvalue weighted by Gasteiger charge is -2.06. The first-order valence-electron chi connectivity index (χ1n) is 8.93. The first kappa shape index (κ1) is 19.0. The molecule has 3 aromatic rings. The van der Waals surface area contributed by atoms with Crippen molar-refractivity contribution in [3.05, 3.63) is 108 Å². The van der Waals surface area contributed by atoms with Crippen LogP contribution in [-0.2, 0) is 6.61 Å². The van der Waals surface area contributed by atoms with Gasteiger partial charge in [0, 0.05) is 16.5 Å². The largest absolute Gasteiger partial charge is 0.513 e. The van der Waals surface area contributed by atoms with Gasteiger partial charge in [0.05, 0.1) is 17.0 Å². The van der Waals surface area contributed by atoms with E-state index in [0.717, 1.165) is 33.5 Å². The number of fused-ring (bicyclic) bond motifs is 1. The predicted molar refractivity (Wildman–Crippen MR) is 114 cm³/mol. The number of allylic oxidation sites excluding steroid dienone is 5. The average molecular weight is 367 g/mol. The van der Waals surface area contributed by atoms with Crippen LogP contribution < -0.4 is 4.74 Å². The summed E-state index contributed by atoms with van der Waals surface area (Å²) >= 11 is 0. The Bertz CT molecular complexity index is 1090. The first-order valence-corrected chi connectivity index (χ1v) is 8.93. The van der Waals surface area contributed by atoms with Gasteiger partial charge < -0.3 is 9.84 Å². The Kier molecular flexibility index (Phi) is 6.28. The van der Waals surface area contributed by atoms with E-state index in [1.807, 2.05) is 54.6 Å². The summed E-state index contributed by atoms with van der Waals surface area (Å²) < 4.78 is 5.83. The summed E-state index contributed by atoms with van der Waals surface area (Å²) in [5.74, 6) is 7.08. The van der Waals surface area contributed by atoms with E-state index in [-0.39, 0.29) is 5.76 Å². The van der Waals surface area contributed by atoms with Gasteiger partial charge >= 0.3 is 0 Å². The van der Waals surface area contributed by atoms with Gasteiger partial charge in [0.15, 0.2) is 0 Å². The van der Waals surface area contributed by atoms with E-state index in [9.17, 15) is 5.11 Å². The maximum Gasteiger partial charge on any atom is 0.130 e. The molecule has 3 nitrogen and oxygen atoms in total. The number of aliphatic hydroxyl groups is 1. The van der Waals surface area contributed by atoms with Gasteiger partial charge in [0.2, 0.25) is 0 Å². The van der Waals surface area contributed by atoms with Gasteiger partial charge in [0.25, 0.3) is 0 Å². The topological polar surface area (TPSA) is 42.4 Å². The van der Waals surface area contributed by atoms with Crippen molar-refractivity contribution >= 4 is 10.9 Å². The second-order valence-corrected chi connectivity index (χ2v) is 6.19. The van der Waals surface area contributed by atoms with Crippen LogP contribution in [0.15, 0.2) is 96.8 Å². The van der Waals surface area contributed by atoms with Gasteiger partial charge in [0.1, 0.15) is 12.4 Å². The molecule has 0 amide bonds. The van der Waals surface area contributed by atoms with Crippen LogP contribution in [-0.4, -0.2) is 10.1 Å². The van der Waals surface area contributed by atoms with E-state index in [0.29, 0.717) is 6.61 Å². The molecule has 138 valence electrons. The summed E-state index contributed by atoms with van der Waals surface area (Å²) in [5.41, 5.74) is 3.45. The first-order chi connectivity index (χ1) is 13.6. The molecule has 1 aromatic heterocycles. The average Bonchev–Trinajstić information content (AvgIpc) is 2.73. The lowest BCUT2D eigenvalue weighted by atomic mass is 10.2. The van der Waals surface area contributed by atoms with Crippen molar-refractivity contribution in [3.8, 4) is 17.6 Å². The maximum absolute atomic E-state index is 9.21. The number of aromatic nitrogens is 1. The van der Waals surface area contributed by atoms with Crippen LogP contribution in [0.1, 0.15) is 18.2 Å². The van der Waals surface area contributed by atoms with Crippen LogP contribution in [0.25, 0.3) is 10.9 Å². The molecule has 2 aromatic carbocycles. The zero-order valence-electron chi connectivity index (χ0n) is 15.7. The molecule has 0 radical (unpaired) electrons. The van der Waals surface area contributed by atoms with E-state index in [1.165, 1.54) is 0 Å². The van der Waals surface area contributed by atoms with Crippen LogP contribution in [0.3, 0.4) is 0 Å². The Labute approximate surface area is 165 Å². The number of hydrogen-bond acceptors (Lipinski definition) is 3. The van der Waals surface area contributed by atoms with Crippen molar-refractivity contribution in [1.29, 1.82) is 0 Å². The third-order valence-corrected chi connectivity index (χ3v) is 3.97. The lowest BCUT2D eigenvalue weighted by Crippen LogP contribution is -1.98. The molecule has 0 aliphatic rings. The van der Waals surface area contributed by atoms with Gasteiger partial charge in [-0.2, -0.15) is 0 Å². The molecule has 0 fully saturated rings. The van der Waals surface area contributed by atoms with Crippen molar-refractivity contribution in [2.24, 2.45) is 0 Å². The van der Waals surface area contributed by atoms with Gasteiger partial charge in [-0.05, 0) is 55.5 Å². The van der Waals surface area contributed by atoms with Crippen LogP contribution in [0, 0.1) is 11.8 Å². The van der Waals surface area contributed by atoms with Crippen LogP contribution >= 0.6 is 0 Å². The highest BCUT2D eigenvalue weighted by atomic mass is 16.5. The molecule has 0 saturated heterocycles. The minimum absolute atomic E-state index is 0.226. The smallest absolute Gasteiger partial charge is 0.130 e. The second kappa shape index (κ2) is 9.25. The zero-order valence-corrected chi connectivity index (χ0v) is 15.7. The zero-order chi connectivity index (χ0) is 19.8. The highest BCUT2D eigenvalue weighted by molar-refractivity contribution is 5.78. The summed E-state index contributed by atoms with van der Waals surface area (Å²) in [4.78, 5) is 4.61. The summed E-state index contributed by atoms with van der Waals surface area (Å²) in [7, 11) is 0. The fraction of sp³-hybridized carbons (Fsp3) is 0.0800. The fourth-order valence-corrected chi connectivity index (χ4v) is 2.50. The molecule has 0 atom stereocenters. The lowest BCUT2D eigenvalue weighted by molar-refractivity contribution is 0.302. The molecule has 3 rings (SSSR count). The molecular weight excluding hydrogens is 346 g/mol. The predicted octanol–water partition coefficient (Wildman–Crippen LogP) is 5.74. The van der Waals surface area contributed by atoms with Gasteiger partial charge in [-0.1, -0.05) is 48.8 Å². The van der Waals surface area contributed by atoms with Crippen molar-refractivity contribution in [2.45, 2.75) is 13.5 Å². The van der Waals surface area contributed by atoms with Crippen molar-refractivity contribution in [3.63, 3.8) is 0 Å². The highest BCUT2D eigenvalue weighted by Crippen LogP contribution is 2.16. The monoisotopic (exact) mass is 367 g/mol.